The number of amides is 2. The van der Waals surface area contributed by atoms with Crippen molar-refractivity contribution in [3.05, 3.63) is 65.2 Å². The molecule has 0 radical (unpaired) electrons. The lowest BCUT2D eigenvalue weighted by molar-refractivity contribution is -0.124. The Hall–Kier alpha value is -2.66. The highest BCUT2D eigenvalue weighted by Gasteiger charge is 2.28. The van der Waals surface area contributed by atoms with E-state index in [-0.39, 0.29) is 23.8 Å². The Bertz CT molecular complexity index is 901. The molecule has 0 unspecified atom stereocenters. The van der Waals surface area contributed by atoms with Crippen LogP contribution in [-0.2, 0) is 29.0 Å². The predicted molar refractivity (Wildman–Crippen MR) is 124 cm³/mol. The van der Waals surface area contributed by atoms with E-state index in [4.69, 9.17) is 0 Å². The van der Waals surface area contributed by atoms with Crippen LogP contribution in [0.5, 0.6) is 0 Å². The van der Waals surface area contributed by atoms with Gasteiger partial charge in [0.1, 0.15) is 0 Å². The van der Waals surface area contributed by atoms with Gasteiger partial charge in [-0.2, -0.15) is 0 Å². The van der Waals surface area contributed by atoms with Gasteiger partial charge in [0, 0.05) is 24.7 Å². The number of hydrogen-bond donors (Lipinski definition) is 3. The summed E-state index contributed by atoms with van der Waals surface area (Å²) in [6.45, 7) is 3.57. The summed E-state index contributed by atoms with van der Waals surface area (Å²) in [5.41, 5.74) is 4.69. The van der Waals surface area contributed by atoms with Crippen LogP contribution in [0.25, 0.3) is 0 Å². The number of anilines is 1. The molecule has 2 aromatic carbocycles. The molecule has 31 heavy (non-hydrogen) atoms. The van der Waals surface area contributed by atoms with Gasteiger partial charge in [0.2, 0.25) is 11.8 Å². The lowest BCUT2D eigenvalue weighted by Crippen LogP contribution is -2.48. The summed E-state index contributed by atoms with van der Waals surface area (Å²) in [7, 11) is 0. The van der Waals surface area contributed by atoms with Gasteiger partial charge >= 0.3 is 0 Å². The molecule has 1 atom stereocenters. The molecule has 1 heterocycles. The minimum Gasteiger partial charge on any atom is -0.354 e. The van der Waals surface area contributed by atoms with Gasteiger partial charge in [-0.3, -0.25) is 9.59 Å². The van der Waals surface area contributed by atoms with E-state index in [9.17, 15) is 9.59 Å². The first-order valence-corrected chi connectivity index (χ1v) is 11.6. The molecule has 2 amide bonds. The van der Waals surface area contributed by atoms with Gasteiger partial charge in [0.15, 0.2) is 0 Å². The second-order valence-corrected chi connectivity index (χ2v) is 8.91. The third-order valence-electron chi connectivity index (χ3n) is 6.81. The van der Waals surface area contributed by atoms with Crippen LogP contribution < -0.4 is 16.0 Å². The molecule has 0 bridgehead atoms. The van der Waals surface area contributed by atoms with Gasteiger partial charge in [0.25, 0.3) is 0 Å². The maximum absolute atomic E-state index is 12.6. The van der Waals surface area contributed by atoms with Crippen LogP contribution in [0.15, 0.2) is 48.5 Å². The van der Waals surface area contributed by atoms with Crippen molar-refractivity contribution < 1.29 is 9.59 Å². The number of carbonyl (C=O) groups is 2. The highest BCUT2D eigenvalue weighted by atomic mass is 16.2. The van der Waals surface area contributed by atoms with Gasteiger partial charge in [-0.05, 0) is 73.3 Å². The Morgan fingerprint density at radius 2 is 1.65 bits per heavy atom. The average molecular weight is 420 g/mol. The molecule has 2 aliphatic rings. The van der Waals surface area contributed by atoms with Crippen molar-refractivity contribution in [2.45, 2.75) is 58.0 Å². The zero-order valence-electron chi connectivity index (χ0n) is 18.3. The summed E-state index contributed by atoms with van der Waals surface area (Å²) in [6.07, 6.45) is 5.47. The molecule has 0 saturated heterocycles. The van der Waals surface area contributed by atoms with Crippen LogP contribution in [0.3, 0.4) is 0 Å². The van der Waals surface area contributed by atoms with E-state index in [2.05, 4.69) is 47.1 Å². The van der Waals surface area contributed by atoms with E-state index in [0.717, 1.165) is 50.8 Å². The molecule has 1 fully saturated rings. The minimum atomic E-state index is -0.156. The van der Waals surface area contributed by atoms with Crippen molar-refractivity contribution in [1.82, 2.24) is 10.6 Å². The minimum absolute atomic E-state index is 0.0642. The molecule has 1 aliphatic carbocycles. The summed E-state index contributed by atoms with van der Waals surface area (Å²) in [5, 5.41) is 9.56. The first kappa shape index (κ1) is 21.6. The second kappa shape index (κ2) is 10.1. The SMILES string of the molecule is CCc1ccc(NC(=O)C2CCC(CNC(=O)[C@H]3Cc4ccccc4CN3)CC2)cc1. The number of aryl methyl sites for hydroxylation is 1. The molecular formula is C26H33N3O2. The fraction of sp³-hybridized carbons (Fsp3) is 0.462. The smallest absolute Gasteiger partial charge is 0.237 e. The van der Waals surface area contributed by atoms with E-state index in [0.29, 0.717) is 12.5 Å². The monoisotopic (exact) mass is 419 g/mol. The van der Waals surface area contributed by atoms with Gasteiger partial charge in [-0.15, -0.1) is 0 Å². The molecule has 4 rings (SSSR count). The van der Waals surface area contributed by atoms with Crippen molar-refractivity contribution >= 4 is 17.5 Å². The number of carbonyl (C=O) groups excluding carboxylic acids is 2. The maximum Gasteiger partial charge on any atom is 0.237 e. The standard InChI is InChI=1S/C26H33N3O2/c1-2-18-9-13-23(14-10-18)29-25(30)20-11-7-19(8-12-20)16-28-26(31)24-15-21-5-3-4-6-22(21)17-27-24/h3-6,9-10,13-14,19-20,24,27H,2,7-8,11-12,15-17H2,1H3,(H,28,31)(H,29,30)/t19?,20?,24-/m1/s1. The molecule has 1 saturated carbocycles. The molecule has 0 aromatic heterocycles. The van der Waals surface area contributed by atoms with E-state index >= 15 is 0 Å². The summed E-state index contributed by atoms with van der Waals surface area (Å²) >= 11 is 0. The normalized spacial score (nSPS) is 22.9. The lowest BCUT2D eigenvalue weighted by Gasteiger charge is -2.29. The van der Waals surface area contributed by atoms with Crippen LogP contribution in [-0.4, -0.2) is 24.4 Å². The molecular weight excluding hydrogens is 386 g/mol. The summed E-state index contributed by atoms with van der Waals surface area (Å²) in [6, 6.07) is 16.2. The molecule has 164 valence electrons. The first-order valence-electron chi connectivity index (χ1n) is 11.6. The fourth-order valence-electron chi connectivity index (χ4n) is 4.70. The van der Waals surface area contributed by atoms with Crippen LogP contribution in [0, 0.1) is 11.8 Å². The van der Waals surface area contributed by atoms with Gasteiger partial charge in [-0.25, -0.2) is 0 Å². The molecule has 1 aliphatic heterocycles. The number of rotatable bonds is 6. The second-order valence-electron chi connectivity index (χ2n) is 8.91. The predicted octanol–water partition coefficient (Wildman–Crippen LogP) is 3.82. The number of hydrogen-bond acceptors (Lipinski definition) is 3. The largest absolute Gasteiger partial charge is 0.354 e. The third-order valence-corrected chi connectivity index (χ3v) is 6.81. The number of fused-ring (bicyclic) bond motifs is 1. The first-order chi connectivity index (χ1) is 15.1. The summed E-state index contributed by atoms with van der Waals surface area (Å²) in [4.78, 5) is 25.2. The van der Waals surface area contributed by atoms with Gasteiger partial charge < -0.3 is 16.0 Å². The van der Waals surface area contributed by atoms with Crippen LogP contribution in [0.1, 0.15) is 49.3 Å². The molecule has 5 nitrogen and oxygen atoms in total. The quantitative estimate of drug-likeness (QED) is 0.667. The average Bonchev–Trinajstić information content (AvgIpc) is 2.83. The highest BCUT2D eigenvalue weighted by Crippen LogP contribution is 2.29. The molecule has 3 N–H and O–H groups in total. The topological polar surface area (TPSA) is 70.2 Å². The van der Waals surface area contributed by atoms with Crippen molar-refractivity contribution in [3.8, 4) is 0 Å². The van der Waals surface area contributed by atoms with Crippen LogP contribution >= 0.6 is 0 Å². The number of benzene rings is 2. The van der Waals surface area contributed by atoms with E-state index in [1.54, 1.807) is 0 Å². The lowest BCUT2D eigenvalue weighted by atomic mass is 9.81. The maximum atomic E-state index is 12.6. The highest BCUT2D eigenvalue weighted by molar-refractivity contribution is 5.92. The van der Waals surface area contributed by atoms with Crippen molar-refractivity contribution in [2.24, 2.45) is 11.8 Å². The molecule has 5 heteroatoms. The number of nitrogens with one attached hydrogen (secondary N) is 3. The zero-order valence-corrected chi connectivity index (χ0v) is 18.3. The van der Waals surface area contributed by atoms with Gasteiger partial charge in [0.05, 0.1) is 6.04 Å². The zero-order chi connectivity index (χ0) is 21.6. The van der Waals surface area contributed by atoms with Crippen LogP contribution in [0.4, 0.5) is 5.69 Å². The Balaban J connectivity index is 1.19. The Labute approximate surface area is 185 Å². The van der Waals surface area contributed by atoms with E-state index < -0.39 is 0 Å². The molecule has 0 spiro atoms. The van der Waals surface area contributed by atoms with E-state index in [1.807, 2.05) is 24.3 Å². The fourth-order valence-corrected chi connectivity index (χ4v) is 4.70. The third kappa shape index (κ3) is 5.53. The van der Waals surface area contributed by atoms with Crippen molar-refractivity contribution in [3.63, 3.8) is 0 Å². The Morgan fingerprint density at radius 1 is 0.935 bits per heavy atom. The summed E-state index contributed by atoms with van der Waals surface area (Å²) < 4.78 is 0. The molecule has 2 aromatic rings. The Morgan fingerprint density at radius 3 is 2.35 bits per heavy atom. The van der Waals surface area contributed by atoms with E-state index in [1.165, 1.54) is 16.7 Å². The summed E-state index contributed by atoms with van der Waals surface area (Å²) in [5.74, 6) is 0.726. The van der Waals surface area contributed by atoms with Crippen molar-refractivity contribution in [1.29, 1.82) is 0 Å². The van der Waals surface area contributed by atoms with Crippen molar-refractivity contribution in [2.75, 3.05) is 11.9 Å². The van der Waals surface area contributed by atoms with Gasteiger partial charge in [-0.1, -0.05) is 43.3 Å². The van der Waals surface area contributed by atoms with Crippen LogP contribution in [0.2, 0.25) is 0 Å². The Kier molecular flexibility index (Phi) is 7.03.